The molecule has 0 aliphatic rings. The van der Waals surface area contributed by atoms with Crippen molar-refractivity contribution >= 4 is 0 Å². The molecule has 1 unspecified atom stereocenters. The lowest BCUT2D eigenvalue weighted by Crippen LogP contribution is -2.22. The molecule has 19 heavy (non-hydrogen) atoms. The predicted molar refractivity (Wildman–Crippen MR) is 75.4 cm³/mol. The van der Waals surface area contributed by atoms with E-state index in [0.29, 0.717) is 5.88 Å². The van der Waals surface area contributed by atoms with Crippen LogP contribution >= 0.6 is 0 Å². The second kappa shape index (κ2) is 5.80. The summed E-state index contributed by atoms with van der Waals surface area (Å²) in [6.45, 7) is 4.21. The molecule has 0 aliphatic heterocycles. The Bertz CT molecular complexity index is 549. The van der Waals surface area contributed by atoms with Crippen LogP contribution in [0.1, 0.15) is 28.4 Å². The molecule has 0 saturated heterocycles. The van der Waals surface area contributed by atoms with Gasteiger partial charge in [-0.25, -0.2) is 4.98 Å². The Morgan fingerprint density at radius 3 is 2.32 bits per heavy atom. The maximum Gasteiger partial charge on any atom is 0.237 e. The van der Waals surface area contributed by atoms with Crippen molar-refractivity contribution < 1.29 is 4.74 Å². The van der Waals surface area contributed by atoms with Crippen LogP contribution in [0.15, 0.2) is 30.6 Å². The minimum absolute atomic E-state index is 0.0233. The maximum absolute atomic E-state index is 5.32. The van der Waals surface area contributed by atoms with Crippen molar-refractivity contribution in [1.82, 2.24) is 15.3 Å². The normalized spacial score (nSPS) is 12.2. The van der Waals surface area contributed by atoms with Gasteiger partial charge in [-0.05, 0) is 37.6 Å². The summed E-state index contributed by atoms with van der Waals surface area (Å²) in [5, 5.41) is 3.31. The maximum atomic E-state index is 5.32. The molecule has 1 atom stereocenters. The second-order valence-electron chi connectivity index (χ2n) is 4.48. The predicted octanol–water partition coefficient (Wildman–Crippen LogP) is 2.41. The summed E-state index contributed by atoms with van der Waals surface area (Å²) in [6.07, 6.45) is 3.33. The van der Waals surface area contributed by atoms with Gasteiger partial charge < -0.3 is 10.1 Å². The highest BCUT2D eigenvalue weighted by molar-refractivity contribution is 5.42. The van der Waals surface area contributed by atoms with E-state index < -0.39 is 0 Å². The Kier molecular flexibility index (Phi) is 4.12. The molecule has 2 rings (SSSR count). The van der Waals surface area contributed by atoms with Crippen LogP contribution in [0.25, 0.3) is 0 Å². The fourth-order valence-electron chi connectivity index (χ4n) is 2.39. The van der Waals surface area contributed by atoms with E-state index in [2.05, 4.69) is 47.3 Å². The zero-order valence-corrected chi connectivity index (χ0v) is 11.8. The summed E-state index contributed by atoms with van der Waals surface area (Å²) in [5.41, 5.74) is 4.49. The molecule has 0 aliphatic carbocycles. The van der Waals surface area contributed by atoms with Gasteiger partial charge in [-0.3, -0.25) is 4.98 Å². The number of aryl methyl sites for hydroxylation is 2. The lowest BCUT2D eigenvalue weighted by molar-refractivity contribution is 0.384. The molecular weight excluding hydrogens is 238 g/mol. The molecule has 0 radical (unpaired) electrons. The minimum atomic E-state index is -0.0233. The van der Waals surface area contributed by atoms with Gasteiger partial charge in [-0.15, -0.1) is 0 Å². The molecule has 4 nitrogen and oxygen atoms in total. The molecule has 100 valence electrons. The van der Waals surface area contributed by atoms with E-state index in [0.717, 1.165) is 5.69 Å². The molecule has 2 aromatic rings. The van der Waals surface area contributed by atoms with Crippen LogP contribution in [0.3, 0.4) is 0 Å². The van der Waals surface area contributed by atoms with Crippen LogP contribution in [-0.4, -0.2) is 24.1 Å². The van der Waals surface area contributed by atoms with E-state index in [1.54, 1.807) is 19.5 Å². The van der Waals surface area contributed by atoms with Gasteiger partial charge in [-0.1, -0.05) is 18.2 Å². The first-order chi connectivity index (χ1) is 9.19. The van der Waals surface area contributed by atoms with Gasteiger partial charge >= 0.3 is 0 Å². The third-order valence-electron chi connectivity index (χ3n) is 3.28. The number of hydrogen-bond acceptors (Lipinski definition) is 4. The lowest BCUT2D eigenvalue weighted by Gasteiger charge is -2.21. The van der Waals surface area contributed by atoms with Crippen molar-refractivity contribution in [3.05, 3.63) is 53.0 Å². The Labute approximate surface area is 113 Å². The first kappa shape index (κ1) is 13.5. The molecule has 1 aromatic carbocycles. The zero-order chi connectivity index (χ0) is 13.8. The summed E-state index contributed by atoms with van der Waals surface area (Å²) in [6, 6.07) is 6.25. The monoisotopic (exact) mass is 257 g/mol. The summed E-state index contributed by atoms with van der Waals surface area (Å²) in [5.74, 6) is 0.560. The standard InChI is InChI=1S/C15H19N3O/c1-10-6-5-7-11(2)12(10)13(16-3)14-15(19-4)18-9-8-17-14/h5-9,13,16H,1-4H3. The molecule has 1 heterocycles. The van der Waals surface area contributed by atoms with Crippen molar-refractivity contribution in [2.24, 2.45) is 0 Å². The third kappa shape index (κ3) is 2.58. The summed E-state index contributed by atoms with van der Waals surface area (Å²) < 4.78 is 5.32. The fourth-order valence-corrected chi connectivity index (χ4v) is 2.39. The van der Waals surface area contributed by atoms with Crippen molar-refractivity contribution in [2.45, 2.75) is 19.9 Å². The number of nitrogens with one attached hydrogen (secondary N) is 1. The van der Waals surface area contributed by atoms with Gasteiger partial charge in [0.1, 0.15) is 5.69 Å². The first-order valence-corrected chi connectivity index (χ1v) is 6.27. The van der Waals surface area contributed by atoms with Crippen molar-refractivity contribution in [1.29, 1.82) is 0 Å². The zero-order valence-electron chi connectivity index (χ0n) is 11.8. The average Bonchev–Trinajstić information content (AvgIpc) is 2.43. The number of rotatable bonds is 4. The van der Waals surface area contributed by atoms with Gasteiger partial charge in [0, 0.05) is 12.4 Å². The molecule has 0 bridgehead atoms. The highest BCUT2D eigenvalue weighted by Crippen LogP contribution is 2.30. The van der Waals surface area contributed by atoms with E-state index >= 15 is 0 Å². The van der Waals surface area contributed by atoms with E-state index in [9.17, 15) is 0 Å². The molecular formula is C15H19N3O. The van der Waals surface area contributed by atoms with Gasteiger partial charge in [0.2, 0.25) is 5.88 Å². The van der Waals surface area contributed by atoms with Crippen molar-refractivity contribution in [3.8, 4) is 5.88 Å². The Morgan fingerprint density at radius 2 is 1.74 bits per heavy atom. The molecule has 1 aromatic heterocycles. The lowest BCUT2D eigenvalue weighted by atomic mass is 9.94. The van der Waals surface area contributed by atoms with Gasteiger partial charge in [0.15, 0.2) is 0 Å². The Balaban J connectivity index is 2.57. The summed E-state index contributed by atoms with van der Waals surface area (Å²) in [4.78, 5) is 8.66. The topological polar surface area (TPSA) is 47.0 Å². The third-order valence-corrected chi connectivity index (χ3v) is 3.28. The van der Waals surface area contributed by atoms with Gasteiger partial charge in [0.25, 0.3) is 0 Å². The average molecular weight is 257 g/mol. The SMILES string of the molecule is CNC(c1nccnc1OC)c1c(C)cccc1C. The first-order valence-electron chi connectivity index (χ1n) is 6.27. The quantitative estimate of drug-likeness (QED) is 0.913. The summed E-state index contributed by atoms with van der Waals surface area (Å²) in [7, 11) is 3.54. The van der Waals surface area contributed by atoms with Crippen LogP contribution in [-0.2, 0) is 0 Å². The molecule has 0 amide bonds. The number of nitrogens with zero attached hydrogens (tertiary/aromatic N) is 2. The van der Waals surface area contributed by atoms with Crippen molar-refractivity contribution in [3.63, 3.8) is 0 Å². The fraction of sp³-hybridized carbons (Fsp3) is 0.333. The van der Waals surface area contributed by atoms with Crippen LogP contribution < -0.4 is 10.1 Å². The van der Waals surface area contributed by atoms with E-state index in [1.807, 2.05) is 7.05 Å². The van der Waals surface area contributed by atoms with Crippen LogP contribution in [0.5, 0.6) is 5.88 Å². The smallest absolute Gasteiger partial charge is 0.237 e. The minimum Gasteiger partial charge on any atom is -0.480 e. The van der Waals surface area contributed by atoms with Gasteiger partial charge in [-0.2, -0.15) is 0 Å². The molecule has 0 spiro atoms. The van der Waals surface area contributed by atoms with Gasteiger partial charge in [0.05, 0.1) is 13.2 Å². The van der Waals surface area contributed by atoms with E-state index in [4.69, 9.17) is 4.74 Å². The van der Waals surface area contributed by atoms with Crippen LogP contribution in [0.4, 0.5) is 0 Å². The molecule has 1 N–H and O–H groups in total. The Morgan fingerprint density at radius 1 is 1.11 bits per heavy atom. The largest absolute Gasteiger partial charge is 0.480 e. The highest BCUT2D eigenvalue weighted by atomic mass is 16.5. The van der Waals surface area contributed by atoms with E-state index in [-0.39, 0.29) is 6.04 Å². The molecule has 4 heteroatoms. The number of hydrogen-bond donors (Lipinski definition) is 1. The van der Waals surface area contributed by atoms with Crippen LogP contribution in [0.2, 0.25) is 0 Å². The van der Waals surface area contributed by atoms with Crippen molar-refractivity contribution in [2.75, 3.05) is 14.2 Å². The molecule has 0 fully saturated rings. The number of benzene rings is 1. The summed E-state index contributed by atoms with van der Waals surface area (Å²) >= 11 is 0. The Hall–Kier alpha value is -1.94. The number of aromatic nitrogens is 2. The van der Waals surface area contributed by atoms with Crippen LogP contribution in [0, 0.1) is 13.8 Å². The second-order valence-corrected chi connectivity index (χ2v) is 4.48. The number of methoxy groups -OCH3 is 1. The van der Waals surface area contributed by atoms with E-state index in [1.165, 1.54) is 16.7 Å². The number of ether oxygens (including phenoxy) is 1. The molecule has 0 saturated carbocycles. The highest BCUT2D eigenvalue weighted by Gasteiger charge is 2.21.